The molecule has 0 aromatic carbocycles. The van der Waals surface area contributed by atoms with E-state index in [2.05, 4.69) is 9.46 Å². The Kier molecular flexibility index (Phi) is 4.81. The summed E-state index contributed by atoms with van der Waals surface area (Å²) < 4.78 is 37.0. The van der Waals surface area contributed by atoms with Gasteiger partial charge in [-0.1, -0.05) is 0 Å². The third-order valence-corrected chi connectivity index (χ3v) is 5.39. The maximum Gasteiger partial charge on any atom is 0.349 e. The van der Waals surface area contributed by atoms with Gasteiger partial charge in [0, 0.05) is 12.5 Å². The van der Waals surface area contributed by atoms with Crippen molar-refractivity contribution in [1.29, 1.82) is 0 Å². The number of carbonyl (C=O) groups excluding carboxylic acids is 1. The third-order valence-electron chi connectivity index (χ3n) is 2.73. The maximum absolute atomic E-state index is 12.3. The molecule has 0 aliphatic heterocycles. The van der Waals surface area contributed by atoms with Gasteiger partial charge in [-0.05, 0) is 30.5 Å². The van der Waals surface area contributed by atoms with Crippen molar-refractivity contribution in [3.8, 4) is 0 Å². The van der Waals surface area contributed by atoms with Crippen LogP contribution in [0.4, 0.5) is 0 Å². The largest absolute Gasteiger partial charge is 0.469 e. The number of rotatable bonds is 6. The molecule has 0 bridgehead atoms. The molecule has 1 atom stereocenters. The van der Waals surface area contributed by atoms with Gasteiger partial charge in [0.05, 0.1) is 13.4 Å². The second kappa shape index (κ2) is 6.42. The van der Waals surface area contributed by atoms with Crippen LogP contribution in [0.1, 0.15) is 22.4 Å². The molecule has 1 N–H and O–H groups in total. The Balaban J connectivity index is 2.15. The molecule has 0 saturated heterocycles. The van der Waals surface area contributed by atoms with Crippen LogP contribution < -0.4 is 4.72 Å². The summed E-state index contributed by atoms with van der Waals surface area (Å²) in [5.74, 6) is 0.0211. The molecular formula is C13H15NO5S2. The predicted octanol–water partition coefficient (Wildman–Crippen LogP) is 2.04. The fraction of sp³-hybridized carbons (Fsp3) is 0.308. The molecule has 2 heterocycles. The van der Waals surface area contributed by atoms with Gasteiger partial charge in [0.2, 0.25) is 10.0 Å². The van der Waals surface area contributed by atoms with E-state index in [1.165, 1.54) is 24.8 Å². The number of sulfonamides is 1. The Morgan fingerprint density at radius 3 is 2.86 bits per heavy atom. The van der Waals surface area contributed by atoms with Gasteiger partial charge in [0.1, 0.15) is 15.5 Å². The average molecular weight is 329 g/mol. The van der Waals surface area contributed by atoms with E-state index >= 15 is 0 Å². The highest BCUT2D eigenvalue weighted by Crippen LogP contribution is 2.23. The van der Waals surface area contributed by atoms with E-state index in [9.17, 15) is 13.2 Å². The van der Waals surface area contributed by atoms with Gasteiger partial charge >= 0.3 is 5.97 Å². The average Bonchev–Trinajstić information content (AvgIpc) is 3.07. The van der Waals surface area contributed by atoms with Crippen LogP contribution in [0, 0.1) is 0 Å². The first-order valence-electron chi connectivity index (χ1n) is 6.14. The molecule has 2 aromatic rings. The van der Waals surface area contributed by atoms with Crippen LogP contribution >= 0.6 is 11.3 Å². The summed E-state index contributed by atoms with van der Waals surface area (Å²) in [5, 5.41) is 1.54. The van der Waals surface area contributed by atoms with Crippen LogP contribution in [-0.2, 0) is 21.2 Å². The highest BCUT2D eigenvalue weighted by Gasteiger charge is 2.26. The Hall–Kier alpha value is -1.64. The first-order valence-corrected chi connectivity index (χ1v) is 8.51. The van der Waals surface area contributed by atoms with E-state index in [1.54, 1.807) is 19.1 Å². The van der Waals surface area contributed by atoms with Crippen molar-refractivity contribution in [3.63, 3.8) is 0 Å². The van der Waals surface area contributed by atoms with Gasteiger partial charge in [-0.15, -0.1) is 11.3 Å². The van der Waals surface area contributed by atoms with Crippen molar-refractivity contribution < 1.29 is 22.4 Å². The zero-order chi connectivity index (χ0) is 15.5. The lowest BCUT2D eigenvalue weighted by Gasteiger charge is -2.13. The predicted molar refractivity (Wildman–Crippen MR) is 77.9 cm³/mol. The van der Waals surface area contributed by atoms with Gasteiger partial charge in [-0.25, -0.2) is 17.9 Å². The molecule has 0 unspecified atom stereocenters. The van der Waals surface area contributed by atoms with Crippen molar-refractivity contribution in [2.45, 2.75) is 24.3 Å². The quantitative estimate of drug-likeness (QED) is 0.820. The van der Waals surface area contributed by atoms with Crippen LogP contribution in [0.5, 0.6) is 0 Å². The molecule has 0 spiro atoms. The number of hydrogen-bond acceptors (Lipinski definition) is 6. The maximum atomic E-state index is 12.3. The zero-order valence-electron chi connectivity index (χ0n) is 11.5. The van der Waals surface area contributed by atoms with Crippen molar-refractivity contribution in [3.05, 3.63) is 40.5 Å². The summed E-state index contributed by atoms with van der Waals surface area (Å²) in [5.41, 5.74) is 0. The molecule has 21 heavy (non-hydrogen) atoms. The Morgan fingerprint density at radius 2 is 2.24 bits per heavy atom. The highest BCUT2D eigenvalue weighted by molar-refractivity contribution is 7.89. The first kappa shape index (κ1) is 15.7. The second-order valence-electron chi connectivity index (χ2n) is 4.41. The van der Waals surface area contributed by atoms with Gasteiger partial charge in [0.25, 0.3) is 0 Å². The first-order chi connectivity index (χ1) is 9.94. The highest BCUT2D eigenvalue weighted by atomic mass is 32.2. The van der Waals surface area contributed by atoms with Gasteiger partial charge in [0.15, 0.2) is 0 Å². The van der Waals surface area contributed by atoms with Crippen LogP contribution in [0.25, 0.3) is 0 Å². The number of hydrogen-bond donors (Lipinski definition) is 1. The normalized spacial score (nSPS) is 13.0. The SMILES string of the molecule is COC(=O)c1sccc1S(=O)(=O)N[C@H](C)Cc1ccco1. The smallest absolute Gasteiger partial charge is 0.349 e. The Labute approximate surface area is 126 Å². The lowest BCUT2D eigenvalue weighted by Crippen LogP contribution is -2.34. The fourth-order valence-corrected chi connectivity index (χ4v) is 4.43. The molecule has 0 radical (unpaired) electrons. The van der Waals surface area contributed by atoms with Crippen molar-refractivity contribution in [2.24, 2.45) is 0 Å². The van der Waals surface area contributed by atoms with E-state index in [0.717, 1.165) is 11.3 Å². The molecule has 6 nitrogen and oxygen atoms in total. The molecular weight excluding hydrogens is 314 g/mol. The van der Waals surface area contributed by atoms with E-state index in [1.807, 2.05) is 0 Å². The van der Waals surface area contributed by atoms with Crippen molar-refractivity contribution in [2.75, 3.05) is 7.11 Å². The fourth-order valence-electron chi connectivity index (χ4n) is 1.85. The summed E-state index contributed by atoms with van der Waals surface area (Å²) in [6.07, 6.45) is 1.95. The molecule has 0 fully saturated rings. The molecule has 2 rings (SSSR count). The van der Waals surface area contributed by atoms with Crippen molar-refractivity contribution in [1.82, 2.24) is 4.72 Å². The van der Waals surface area contributed by atoms with Crippen LogP contribution in [0.15, 0.2) is 39.2 Å². The summed E-state index contributed by atoms with van der Waals surface area (Å²) in [4.78, 5) is 11.6. The lowest BCUT2D eigenvalue weighted by atomic mass is 10.2. The molecule has 2 aromatic heterocycles. The number of nitrogens with one attached hydrogen (secondary N) is 1. The van der Waals surface area contributed by atoms with Gasteiger partial charge in [-0.3, -0.25) is 0 Å². The third kappa shape index (κ3) is 3.72. The standard InChI is InChI=1S/C13H15NO5S2/c1-9(8-10-4-3-6-19-10)14-21(16,17)11-5-7-20-12(11)13(15)18-2/h3-7,9,14H,8H2,1-2H3/t9-/m1/s1. The van der Waals surface area contributed by atoms with Crippen LogP contribution in [0.2, 0.25) is 0 Å². The number of carbonyl (C=O) groups is 1. The number of esters is 1. The van der Waals surface area contributed by atoms with Crippen LogP contribution in [-0.4, -0.2) is 27.5 Å². The molecule has 0 aliphatic rings. The molecule has 0 saturated carbocycles. The molecule has 0 aliphatic carbocycles. The molecule has 0 amide bonds. The minimum Gasteiger partial charge on any atom is -0.469 e. The van der Waals surface area contributed by atoms with Gasteiger partial charge < -0.3 is 9.15 Å². The lowest BCUT2D eigenvalue weighted by molar-refractivity contribution is 0.0602. The number of thiophene rings is 1. The second-order valence-corrected chi connectivity index (χ2v) is 7.01. The van der Waals surface area contributed by atoms with E-state index in [-0.39, 0.29) is 15.8 Å². The summed E-state index contributed by atoms with van der Waals surface area (Å²) in [7, 11) is -2.57. The summed E-state index contributed by atoms with van der Waals surface area (Å²) in [6, 6.07) is 4.53. The van der Waals surface area contributed by atoms with E-state index in [4.69, 9.17) is 4.42 Å². The summed E-state index contributed by atoms with van der Waals surface area (Å²) >= 11 is 1.03. The van der Waals surface area contributed by atoms with E-state index in [0.29, 0.717) is 12.2 Å². The van der Waals surface area contributed by atoms with Gasteiger partial charge in [-0.2, -0.15) is 0 Å². The monoisotopic (exact) mass is 329 g/mol. The van der Waals surface area contributed by atoms with Crippen molar-refractivity contribution >= 4 is 27.3 Å². The molecule has 8 heteroatoms. The van der Waals surface area contributed by atoms with Crippen LogP contribution in [0.3, 0.4) is 0 Å². The minimum atomic E-state index is -3.79. The summed E-state index contributed by atoms with van der Waals surface area (Å²) in [6.45, 7) is 1.73. The Morgan fingerprint density at radius 1 is 1.48 bits per heavy atom. The Bertz CT molecular complexity index is 703. The number of ether oxygens (including phenoxy) is 1. The number of furan rings is 1. The number of methoxy groups -OCH3 is 1. The zero-order valence-corrected chi connectivity index (χ0v) is 13.2. The molecule has 114 valence electrons. The topological polar surface area (TPSA) is 85.6 Å². The van der Waals surface area contributed by atoms with E-state index < -0.39 is 16.0 Å². The minimum absolute atomic E-state index is 0.0642.